The van der Waals surface area contributed by atoms with E-state index in [0.717, 1.165) is 68.1 Å². The molecule has 31 heavy (non-hydrogen) atoms. The van der Waals surface area contributed by atoms with Gasteiger partial charge in [-0.05, 0) is 68.7 Å². The molecule has 0 radical (unpaired) electrons. The van der Waals surface area contributed by atoms with Gasteiger partial charge in [0.1, 0.15) is 10.8 Å². The number of esters is 1. The molecule has 2 saturated carbocycles. The van der Waals surface area contributed by atoms with Gasteiger partial charge >= 0.3 is 5.97 Å². The van der Waals surface area contributed by atoms with Crippen LogP contribution in [0.2, 0.25) is 0 Å². The van der Waals surface area contributed by atoms with Crippen LogP contribution >= 0.6 is 11.8 Å². The number of rotatable bonds is 9. The number of nitrogens with one attached hydrogen (secondary N) is 2. The van der Waals surface area contributed by atoms with Gasteiger partial charge in [-0.3, -0.25) is 9.59 Å². The molecule has 2 aliphatic carbocycles. The molecule has 2 fully saturated rings. The van der Waals surface area contributed by atoms with Crippen LogP contribution in [-0.4, -0.2) is 42.3 Å². The smallest absolute Gasteiger partial charge is 0.308 e. The van der Waals surface area contributed by atoms with Gasteiger partial charge in [-0.2, -0.15) is 0 Å². The van der Waals surface area contributed by atoms with E-state index < -0.39 is 0 Å². The summed E-state index contributed by atoms with van der Waals surface area (Å²) in [6.45, 7) is 2.98. The van der Waals surface area contributed by atoms with Crippen molar-refractivity contribution in [2.24, 2.45) is 11.8 Å². The molecule has 1 aromatic rings. The molecule has 2 N–H and O–H groups in total. The Hall–Kier alpha value is -1.76. The SMILES string of the molecule is CCCSc1nc(NC[C@H]2CC[C@H](C(=O)OC)CC2)ccc1C(=O)NC1CCCCC1. The molecule has 0 spiro atoms. The van der Waals surface area contributed by atoms with E-state index >= 15 is 0 Å². The highest BCUT2D eigenvalue weighted by molar-refractivity contribution is 7.99. The fraction of sp³-hybridized carbons (Fsp3) is 0.708. The first-order chi connectivity index (χ1) is 15.1. The van der Waals surface area contributed by atoms with Crippen LogP contribution in [0.15, 0.2) is 17.2 Å². The first-order valence-corrected chi connectivity index (χ1v) is 12.9. The molecular formula is C24H37N3O3S. The molecular weight excluding hydrogens is 410 g/mol. The van der Waals surface area contributed by atoms with Crippen LogP contribution < -0.4 is 10.6 Å². The molecule has 172 valence electrons. The van der Waals surface area contributed by atoms with Gasteiger partial charge in [-0.25, -0.2) is 4.98 Å². The second kappa shape index (κ2) is 12.3. The minimum atomic E-state index is -0.0761. The number of carbonyl (C=O) groups is 2. The summed E-state index contributed by atoms with van der Waals surface area (Å²) in [5.74, 6) is 2.28. The van der Waals surface area contributed by atoms with Gasteiger partial charge in [0, 0.05) is 12.6 Å². The van der Waals surface area contributed by atoms with Gasteiger partial charge < -0.3 is 15.4 Å². The number of hydrogen-bond acceptors (Lipinski definition) is 6. The van der Waals surface area contributed by atoms with E-state index in [4.69, 9.17) is 9.72 Å². The van der Waals surface area contributed by atoms with Crippen LogP contribution in [0.1, 0.15) is 81.5 Å². The lowest BCUT2D eigenvalue weighted by Gasteiger charge is -2.27. The van der Waals surface area contributed by atoms with Crippen molar-refractivity contribution in [2.45, 2.75) is 82.2 Å². The first kappa shape index (κ1) is 23.9. The van der Waals surface area contributed by atoms with Gasteiger partial charge in [0.05, 0.1) is 18.6 Å². The summed E-state index contributed by atoms with van der Waals surface area (Å²) in [7, 11) is 1.47. The molecule has 2 aliphatic rings. The summed E-state index contributed by atoms with van der Waals surface area (Å²) in [5.41, 5.74) is 0.688. The van der Waals surface area contributed by atoms with Crippen molar-refractivity contribution in [1.29, 1.82) is 0 Å². The summed E-state index contributed by atoms with van der Waals surface area (Å²) in [6, 6.07) is 4.13. The van der Waals surface area contributed by atoms with E-state index in [2.05, 4.69) is 17.6 Å². The highest BCUT2D eigenvalue weighted by Gasteiger charge is 2.27. The number of pyridine rings is 1. The van der Waals surface area contributed by atoms with E-state index in [9.17, 15) is 9.59 Å². The Kier molecular flexibility index (Phi) is 9.50. The number of carbonyl (C=O) groups excluding carboxylic acids is 2. The van der Waals surface area contributed by atoms with Crippen molar-refractivity contribution in [2.75, 3.05) is 24.7 Å². The number of ether oxygens (including phenoxy) is 1. The predicted molar refractivity (Wildman–Crippen MR) is 126 cm³/mol. The number of aromatic nitrogens is 1. The highest BCUT2D eigenvalue weighted by atomic mass is 32.2. The van der Waals surface area contributed by atoms with E-state index in [1.165, 1.54) is 26.4 Å². The van der Waals surface area contributed by atoms with Crippen LogP contribution in [0.4, 0.5) is 5.82 Å². The van der Waals surface area contributed by atoms with Crippen LogP contribution in [0.25, 0.3) is 0 Å². The van der Waals surface area contributed by atoms with Crippen molar-refractivity contribution in [3.63, 3.8) is 0 Å². The molecule has 6 nitrogen and oxygen atoms in total. The third kappa shape index (κ3) is 7.13. The number of methoxy groups -OCH3 is 1. The molecule has 0 unspecified atom stereocenters. The fourth-order valence-corrected chi connectivity index (χ4v) is 5.43. The molecule has 1 heterocycles. The zero-order valence-corrected chi connectivity index (χ0v) is 19.8. The molecule has 3 rings (SSSR count). The summed E-state index contributed by atoms with van der Waals surface area (Å²) >= 11 is 1.66. The van der Waals surface area contributed by atoms with Gasteiger partial charge in [-0.1, -0.05) is 26.2 Å². The van der Waals surface area contributed by atoms with Crippen LogP contribution in [0, 0.1) is 11.8 Å². The van der Waals surface area contributed by atoms with Crippen molar-refractivity contribution >= 4 is 29.5 Å². The van der Waals surface area contributed by atoms with Gasteiger partial charge in [0.15, 0.2) is 0 Å². The lowest BCUT2D eigenvalue weighted by atomic mass is 9.82. The van der Waals surface area contributed by atoms with Crippen molar-refractivity contribution in [3.8, 4) is 0 Å². The maximum atomic E-state index is 12.9. The normalized spacial score (nSPS) is 22.0. The lowest BCUT2D eigenvalue weighted by Crippen LogP contribution is -2.36. The minimum Gasteiger partial charge on any atom is -0.469 e. The number of anilines is 1. The first-order valence-electron chi connectivity index (χ1n) is 11.9. The predicted octanol–water partition coefficient (Wildman–Crippen LogP) is 5.04. The summed E-state index contributed by atoms with van der Waals surface area (Å²) in [4.78, 5) is 29.4. The molecule has 0 aliphatic heterocycles. The van der Waals surface area contributed by atoms with Crippen molar-refractivity contribution in [3.05, 3.63) is 17.7 Å². The zero-order chi connectivity index (χ0) is 22.1. The van der Waals surface area contributed by atoms with Crippen molar-refractivity contribution in [1.82, 2.24) is 10.3 Å². The summed E-state index contributed by atoms with van der Waals surface area (Å²) < 4.78 is 4.88. The monoisotopic (exact) mass is 447 g/mol. The van der Waals surface area contributed by atoms with Gasteiger partial charge in [-0.15, -0.1) is 11.8 Å². The number of nitrogens with zero attached hydrogens (tertiary/aromatic N) is 1. The maximum absolute atomic E-state index is 12.9. The topological polar surface area (TPSA) is 80.3 Å². The molecule has 0 aromatic carbocycles. The third-order valence-corrected chi connectivity index (χ3v) is 7.64. The molecule has 1 aromatic heterocycles. The minimum absolute atomic E-state index is 0.00526. The van der Waals surface area contributed by atoms with E-state index in [0.29, 0.717) is 17.5 Å². The van der Waals surface area contributed by atoms with Gasteiger partial charge in [0.2, 0.25) is 0 Å². The molecule has 1 amide bonds. The zero-order valence-electron chi connectivity index (χ0n) is 19.0. The fourth-order valence-electron chi connectivity index (χ4n) is 4.55. The van der Waals surface area contributed by atoms with Crippen LogP contribution in [-0.2, 0) is 9.53 Å². The third-order valence-electron chi connectivity index (χ3n) is 6.44. The largest absolute Gasteiger partial charge is 0.469 e. The number of amides is 1. The number of thioether (sulfide) groups is 1. The van der Waals surface area contributed by atoms with Crippen LogP contribution in [0.5, 0.6) is 0 Å². The Morgan fingerprint density at radius 1 is 1.10 bits per heavy atom. The average molecular weight is 448 g/mol. The lowest BCUT2D eigenvalue weighted by molar-refractivity contribution is -0.146. The maximum Gasteiger partial charge on any atom is 0.308 e. The molecule has 0 bridgehead atoms. The Balaban J connectivity index is 1.57. The van der Waals surface area contributed by atoms with E-state index in [1.54, 1.807) is 11.8 Å². The van der Waals surface area contributed by atoms with Crippen molar-refractivity contribution < 1.29 is 14.3 Å². The second-order valence-electron chi connectivity index (χ2n) is 8.83. The van der Waals surface area contributed by atoms with E-state index in [1.807, 2.05) is 12.1 Å². The Bertz CT molecular complexity index is 729. The Morgan fingerprint density at radius 3 is 2.52 bits per heavy atom. The summed E-state index contributed by atoms with van der Waals surface area (Å²) in [5, 5.41) is 7.50. The second-order valence-corrected chi connectivity index (χ2v) is 9.91. The van der Waals surface area contributed by atoms with Gasteiger partial charge in [0.25, 0.3) is 5.91 Å². The summed E-state index contributed by atoms with van der Waals surface area (Å²) in [6.07, 6.45) is 10.7. The molecule has 0 atom stereocenters. The van der Waals surface area contributed by atoms with Crippen LogP contribution in [0.3, 0.4) is 0 Å². The standard InChI is InChI=1S/C24H37N3O3S/c1-3-15-31-23-20(22(28)26-19-7-5-4-6-8-19)13-14-21(27-23)25-16-17-9-11-18(12-10-17)24(29)30-2/h13-14,17-19H,3-12,15-16H2,1-2H3,(H,25,27)(H,26,28)/t17-,18-. The quantitative estimate of drug-likeness (QED) is 0.408. The Morgan fingerprint density at radius 2 is 1.84 bits per heavy atom. The number of hydrogen-bond donors (Lipinski definition) is 2. The van der Waals surface area contributed by atoms with E-state index in [-0.39, 0.29) is 17.8 Å². The Labute approximate surface area is 190 Å². The molecule has 0 saturated heterocycles. The molecule has 7 heteroatoms. The average Bonchev–Trinajstić information content (AvgIpc) is 2.81. The highest BCUT2D eigenvalue weighted by Crippen LogP contribution is 2.30.